The molecular weight excluding hydrogens is 255 g/mol. The van der Waals surface area contributed by atoms with Gasteiger partial charge in [-0.05, 0) is 50.8 Å². The smallest absolute Gasteiger partial charge is 0.239 e. The Kier molecular flexibility index (Phi) is 5.12. The Hall–Kier alpha value is -1.42. The van der Waals surface area contributed by atoms with E-state index in [0.717, 1.165) is 31.5 Å². The van der Waals surface area contributed by atoms with Crippen LogP contribution < -0.4 is 5.32 Å². The summed E-state index contributed by atoms with van der Waals surface area (Å²) >= 11 is 0. The fraction of sp³-hybridized carbons (Fsp3) is 0.562. The first kappa shape index (κ1) is 15.0. The lowest BCUT2D eigenvalue weighted by molar-refractivity contribution is -0.134. The fourth-order valence-electron chi connectivity index (χ4n) is 2.68. The van der Waals surface area contributed by atoms with E-state index in [2.05, 4.69) is 5.32 Å². The zero-order chi connectivity index (χ0) is 14.5. The topological polar surface area (TPSA) is 32.3 Å². The van der Waals surface area contributed by atoms with Crippen LogP contribution in [0.4, 0.5) is 4.39 Å². The summed E-state index contributed by atoms with van der Waals surface area (Å²) in [5.74, 6) is -0.0722. The lowest BCUT2D eigenvalue weighted by Gasteiger charge is -2.30. The Labute approximate surface area is 120 Å². The number of carbonyl (C=O) groups is 1. The summed E-state index contributed by atoms with van der Waals surface area (Å²) in [6.07, 6.45) is 3.43. The average Bonchev–Trinajstić information content (AvgIpc) is 2.48. The van der Waals surface area contributed by atoms with Gasteiger partial charge in [-0.3, -0.25) is 10.1 Å². The number of nitrogens with zero attached hydrogens (tertiary/aromatic N) is 1. The minimum atomic E-state index is -0.238. The molecule has 0 aliphatic carbocycles. The molecule has 1 heterocycles. The van der Waals surface area contributed by atoms with Crippen molar-refractivity contribution in [3.63, 3.8) is 0 Å². The molecule has 1 aromatic rings. The van der Waals surface area contributed by atoms with Crippen molar-refractivity contribution in [3.05, 3.63) is 35.6 Å². The number of halogens is 1. The number of carbonyl (C=O) groups excluding carboxylic acids is 1. The standard InChI is InChI=1S/C16H23FN2O/c1-12(14-6-8-15(17)9-7-14)18-13(2)16(20)19-10-4-3-5-11-19/h6-9,12-13,18H,3-5,10-11H2,1-2H3/t12-,13?/m1/s1. The summed E-state index contributed by atoms with van der Waals surface area (Å²) in [5.41, 5.74) is 0.990. The van der Waals surface area contributed by atoms with Crippen LogP contribution in [-0.4, -0.2) is 29.9 Å². The number of rotatable bonds is 4. The number of amides is 1. The van der Waals surface area contributed by atoms with E-state index in [1.54, 1.807) is 12.1 Å². The van der Waals surface area contributed by atoms with Gasteiger partial charge in [0.25, 0.3) is 0 Å². The summed E-state index contributed by atoms with van der Waals surface area (Å²) in [7, 11) is 0. The van der Waals surface area contributed by atoms with Crippen LogP contribution >= 0.6 is 0 Å². The second kappa shape index (κ2) is 6.84. The van der Waals surface area contributed by atoms with Crippen LogP contribution in [0.2, 0.25) is 0 Å². The molecule has 1 amide bonds. The van der Waals surface area contributed by atoms with E-state index in [4.69, 9.17) is 0 Å². The van der Waals surface area contributed by atoms with Crippen LogP contribution in [0.15, 0.2) is 24.3 Å². The first-order valence-corrected chi connectivity index (χ1v) is 7.38. The van der Waals surface area contributed by atoms with E-state index in [1.807, 2.05) is 18.7 Å². The third-order valence-electron chi connectivity index (χ3n) is 3.91. The van der Waals surface area contributed by atoms with Gasteiger partial charge in [-0.1, -0.05) is 12.1 Å². The zero-order valence-corrected chi connectivity index (χ0v) is 12.2. The van der Waals surface area contributed by atoms with Crippen LogP contribution in [0, 0.1) is 5.82 Å². The SMILES string of the molecule is CC(N[C@H](C)c1ccc(F)cc1)C(=O)N1CCCCC1. The minimum Gasteiger partial charge on any atom is -0.341 e. The predicted molar refractivity (Wildman–Crippen MR) is 77.8 cm³/mol. The van der Waals surface area contributed by atoms with Gasteiger partial charge in [0.1, 0.15) is 5.82 Å². The summed E-state index contributed by atoms with van der Waals surface area (Å²) in [4.78, 5) is 14.3. The lowest BCUT2D eigenvalue weighted by atomic mass is 10.1. The van der Waals surface area contributed by atoms with E-state index < -0.39 is 0 Å². The maximum Gasteiger partial charge on any atom is 0.239 e. The molecule has 4 heteroatoms. The van der Waals surface area contributed by atoms with Crippen molar-refractivity contribution in [1.82, 2.24) is 10.2 Å². The zero-order valence-electron chi connectivity index (χ0n) is 12.2. The molecule has 1 aliphatic heterocycles. The third kappa shape index (κ3) is 3.79. The van der Waals surface area contributed by atoms with Gasteiger partial charge < -0.3 is 4.90 Å². The largest absolute Gasteiger partial charge is 0.341 e. The molecule has 1 aromatic carbocycles. The van der Waals surface area contributed by atoms with Crippen LogP contribution in [-0.2, 0) is 4.79 Å². The molecule has 1 unspecified atom stereocenters. The highest BCUT2D eigenvalue weighted by Crippen LogP contribution is 2.15. The van der Waals surface area contributed by atoms with Crippen molar-refractivity contribution in [1.29, 1.82) is 0 Å². The molecular formula is C16H23FN2O. The highest BCUT2D eigenvalue weighted by atomic mass is 19.1. The summed E-state index contributed by atoms with van der Waals surface area (Å²) in [6, 6.07) is 6.22. The van der Waals surface area contributed by atoms with Crippen LogP contribution in [0.1, 0.15) is 44.7 Å². The Morgan fingerprint density at radius 3 is 2.35 bits per heavy atom. The monoisotopic (exact) mass is 278 g/mol. The number of likely N-dealkylation sites (tertiary alicyclic amines) is 1. The van der Waals surface area contributed by atoms with E-state index in [0.29, 0.717) is 0 Å². The number of hydrogen-bond donors (Lipinski definition) is 1. The number of nitrogens with one attached hydrogen (secondary N) is 1. The van der Waals surface area contributed by atoms with Gasteiger partial charge in [-0.25, -0.2) is 4.39 Å². The maximum atomic E-state index is 12.9. The second-order valence-corrected chi connectivity index (χ2v) is 5.55. The van der Waals surface area contributed by atoms with Gasteiger partial charge in [-0.15, -0.1) is 0 Å². The molecule has 2 atom stereocenters. The van der Waals surface area contributed by atoms with E-state index in [1.165, 1.54) is 18.6 Å². The van der Waals surface area contributed by atoms with Gasteiger partial charge in [0.2, 0.25) is 5.91 Å². The number of hydrogen-bond acceptors (Lipinski definition) is 2. The number of benzene rings is 1. The molecule has 1 fully saturated rings. The molecule has 20 heavy (non-hydrogen) atoms. The molecule has 0 spiro atoms. The van der Waals surface area contributed by atoms with Gasteiger partial charge in [-0.2, -0.15) is 0 Å². The van der Waals surface area contributed by atoms with E-state index in [9.17, 15) is 9.18 Å². The Morgan fingerprint density at radius 2 is 1.75 bits per heavy atom. The summed E-state index contributed by atoms with van der Waals surface area (Å²) in [5, 5.41) is 3.30. The molecule has 3 nitrogen and oxygen atoms in total. The molecule has 1 N–H and O–H groups in total. The molecule has 2 rings (SSSR count). The lowest BCUT2D eigenvalue weighted by Crippen LogP contribution is -2.47. The highest BCUT2D eigenvalue weighted by Gasteiger charge is 2.23. The first-order valence-electron chi connectivity index (χ1n) is 7.38. The van der Waals surface area contributed by atoms with Crippen molar-refractivity contribution in [3.8, 4) is 0 Å². The van der Waals surface area contributed by atoms with E-state index in [-0.39, 0.29) is 23.8 Å². The fourth-order valence-corrected chi connectivity index (χ4v) is 2.68. The molecule has 110 valence electrons. The normalized spacial score (nSPS) is 18.6. The van der Waals surface area contributed by atoms with Gasteiger partial charge in [0, 0.05) is 19.1 Å². The van der Waals surface area contributed by atoms with Crippen LogP contribution in [0.3, 0.4) is 0 Å². The third-order valence-corrected chi connectivity index (χ3v) is 3.91. The first-order chi connectivity index (χ1) is 9.58. The Balaban J connectivity index is 1.91. The van der Waals surface area contributed by atoms with Gasteiger partial charge >= 0.3 is 0 Å². The average molecular weight is 278 g/mol. The quantitative estimate of drug-likeness (QED) is 0.918. The number of piperidine rings is 1. The van der Waals surface area contributed by atoms with E-state index >= 15 is 0 Å². The second-order valence-electron chi connectivity index (χ2n) is 5.55. The highest BCUT2D eigenvalue weighted by molar-refractivity contribution is 5.81. The summed E-state index contributed by atoms with van der Waals surface area (Å²) < 4.78 is 12.9. The van der Waals surface area contributed by atoms with Gasteiger partial charge in [0.05, 0.1) is 6.04 Å². The maximum absolute atomic E-state index is 12.9. The van der Waals surface area contributed by atoms with Crippen molar-refractivity contribution in [2.24, 2.45) is 0 Å². The molecule has 0 bridgehead atoms. The molecule has 0 saturated carbocycles. The van der Waals surface area contributed by atoms with Crippen molar-refractivity contribution in [2.75, 3.05) is 13.1 Å². The molecule has 0 aromatic heterocycles. The van der Waals surface area contributed by atoms with Gasteiger partial charge in [0.15, 0.2) is 0 Å². The molecule has 1 saturated heterocycles. The predicted octanol–water partition coefficient (Wildman–Crippen LogP) is 2.88. The van der Waals surface area contributed by atoms with Crippen molar-refractivity contribution >= 4 is 5.91 Å². The Bertz CT molecular complexity index is 440. The molecule has 1 aliphatic rings. The van der Waals surface area contributed by atoms with Crippen molar-refractivity contribution in [2.45, 2.75) is 45.2 Å². The van der Waals surface area contributed by atoms with Crippen LogP contribution in [0.25, 0.3) is 0 Å². The van der Waals surface area contributed by atoms with Crippen molar-refractivity contribution < 1.29 is 9.18 Å². The summed E-state index contributed by atoms with van der Waals surface area (Å²) in [6.45, 7) is 5.63. The minimum absolute atomic E-state index is 0.0272. The van der Waals surface area contributed by atoms with Crippen LogP contribution in [0.5, 0.6) is 0 Å². The molecule has 0 radical (unpaired) electrons. The Morgan fingerprint density at radius 1 is 1.15 bits per heavy atom.